The van der Waals surface area contributed by atoms with Gasteiger partial charge in [0.15, 0.2) is 5.78 Å². The van der Waals surface area contributed by atoms with Crippen LogP contribution in [0.4, 0.5) is 4.39 Å². The van der Waals surface area contributed by atoms with E-state index in [1.165, 1.54) is 32.1 Å². The Labute approximate surface area is 262 Å². The van der Waals surface area contributed by atoms with Crippen LogP contribution in [-0.4, -0.2) is 128 Å². The van der Waals surface area contributed by atoms with Crippen LogP contribution >= 0.6 is 0 Å². The van der Waals surface area contributed by atoms with Gasteiger partial charge in [0.05, 0.1) is 48.1 Å². The number of likely N-dealkylation sites (tertiary alicyclic amines) is 1. The van der Waals surface area contributed by atoms with E-state index in [1.807, 2.05) is 6.20 Å². The van der Waals surface area contributed by atoms with Crippen LogP contribution < -0.4 is 10.6 Å². The van der Waals surface area contributed by atoms with Gasteiger partial charge in [-0.15, -0.1) is 0 Å². The predicted octanol–water partition coefficient (Wildman–Crippen LogP) is 2.50. The maximum absolute atomic E-state index is 16.1. The molecule has 9 nitrogen and oxygen atoms in total. The Morgan fingerprint density at radius 2 is 1.80 bits per heavy atom. The first kappa shape index (κ1) is 31.0. The summed E-state index contributed by atoms with van der Waals surface area (Å²) in [6.45, 7) is 5.16. The molecule has 0 aromatic carbocycles. The van der Waals surface area contributed by atoms with Crippen LogP contribution in [0, 0.1) is 17.8 Å². The third-order valence-corrected chi connectivity index (χ3v) is 12.0. The number of nitrogens with zero attached hydrogens (tertiary/aromatic N) is 3. The molecule has 0 aromatic heterocycles. The van der Waals surface area contributed by atoms with Gasteiger partial charge in [0.2, 0.25) is 0 Å². The number of nitrogens with one attached hydrogen (secondary N) is 2. The number of halogens is 1. The van der Waals surface area contributed by atoms with Crippen molar-refractivity contribution in [3.05, 3.63) is 11.8 Å². The lowest BCUT2D eigenvalue weighted by Crippen LogP contribution is -2.73. The lowest BCUT2D eigenvalue weighted by molar-refractivity contribution is -0.209. The van der Waals surface area contributed by atoms with Crippen LogP contribution in [0.15, 0.2) is 11.8 Å². The number of hydrogen-bond donors (Lipinski definition) is 2. The van der Waals surface area contributed by atoms with Gasteiger partial charge < -0.3 is 34.8 Å². The first-order chi connectivity index (χ1) is 21.4. The smallest absolute Gasteiger partial charge is 0.256 e. The van der Waals surface area contributed by atoms with Crippen LogP contribution in [0.2, 0.25) is 0 Å². The van der Waals surface area contributed by atoms with E-state index in [4.69, 9.17) is 9.47 Å². The van der Waals surface area contributed by atoms with E-state index >= 15 is 4.39 Å². The van der Waals surface area contributed by atoms with Crippen LogP contribution in [-0.2, 0) is 19.1 Å². The summed E-state index contributed by atoms with van der Waals surface area (Å²) in [6, 6.07) is -0.704. The van der Waals surface area contributed by atoms with Gasteiger partial charge >= 0.3 is 0 Å². The number of ketones is 1. The van der Waals surface area contributed by atoms with Crippen LogP contribution in [0.25, 0.3) is 0 Å². The van der Waals surface area contributed by atoms with Crippen molar-refractivity contribution in [2.75, 3.05) is 53.4 Å². The summed E-state index contributed by atoms with van der Waals surface area (Å²) >= 11 is 0. The molecule has 3 saturated heterocycles. The fourth-order valence-electron chi connectivity index (χ4n) is 9.88. The minimum Gasteiger partial charge on any atom is -0.374 e. The van der Waals surface area contributed by atoms with Crippen LogP contribution in [0.5, 0.6) is 0 Å². The second kappa shape index (κ2) is 13.3. The summed E-state index contributed by atoms with van der Waals surface area (Å²) in [6.07, 6.45) is 11.8. The highest BCUT2D eigenvalue weighted by atomic mass is 19.1. The summed E-state index contributed by atoms with van der Waals surface area (Å²) in [5, 5.41) is 6.57. The molecule has 11 atom stereocenters. The van der Waals surface area contributed by atoms with Crippen molar-refractivity contribution in [1.29, 1.82) is 0 Å². The van der Waals surface area contributed by atoms with Crippen molar-refractivity contribution < 1.29 is 23.5 Å². The monoisotopic (exact) mass is 615 g/mol. The van der Waals surface area contributed by atoms with E-state index in [9.17, 15) is 9.59 Å². The number of alkyl halides is 1. The number of unbranched alkanes of at least 4 members (excludes halogenated alkanes) is 1. The molecule has 4 aliphatic heterocycles. The fraction of sp³-hybridized carbons (Fsp3) is 0.882. The van der Waals surface area contributed by atoms with Gasteiger partial charge in [-0.3, -0.25) is 9.59 Å². The Hall–Kier alpha value is -1.59. The molecule has 3 saturated carbocycles. The zero-order valence-corrected chi connectivity index (χ0v) is 26.8. The molecule has 0 aromatic rings. The summed E-state index contributed by atoms with van der Waals surface area (Å²) in [4.78, 5) is 34.3. The predicted molar refractivity (Wildman–Crippen MR) is 166 cm³/mol. The second-order valence-corrected chi connectivity index (χ2v) is 15.0. The number of morpholine rings is 1. The standard InChI is InChI=1S/C34H54FN5O4/c1-38(2)13-6-5-11-36-30-25(35)17-23-31-33(30)44-29-18-22-21-9-3-4-10-27(21)43-28(22)19-26(29)40(31)20-24(32(23)41)34(42)37-12-16-39-14-7-8-15-39/h20-23,25-31,33,36H,3-19H2,1-2H3,(H,37,42). The van der Waals surface area contributed by atoms with Gasteiger partial charge in [-0.2, -0.15) is 0 Å². The van der Waals surface area contributed by atoms with Crippen molar-refractivity contribution in [3.63, 3.8) is 0 Å². The van der Waals surface area contributed by atoms with Crippen LogP contribution in [0.3, 0.4) is 0 Å². The topological polar surface area (TPSA) is 86.4 Å². The maximum Gasteiger partial charge on any atom is 0.256 e. The molecule has 44 heavy (non-hydrogen) atoms. The molecular weight excluding hydrogens is 561 g/mol. The molecule has 0 radical (unpaired) electrons. The van der Waals surface area contributed by atoms with Gasteiger partial charge in [0.25, 0.3) is 5.91 Å². The zero-order chi connectivity index (χ0) is 30.4. The molecule has 11 unspecified atom stereocenters. The molecule has 246 valence electrons. The quantitative estimate of drug-likeness (QED) is 0.287. The fourth-order valence-corrected chi connectivity index (χ4v) is 9.88. The van der Waals surface area contributed by atoms with Crippen molar-refractivity contribution >= 4 is 11.7 Å². The van der Waals surface area contributed by atoms with Crippen molar-refractivity contribution in [1.82, 2.24) is 25.3 Å². The van der Waals surface area contributed by atoms with E-state index in [0.29, 0.717) is 24.5 Å². The number of amides is 1. The number of carbonyl (C=O) groups is 2. The molecule has 10 heteroatoms. The van der Waals surface area contributed by atoms with E-state index < -0.39 is 24.2 Å². The Balaban J connectivity index is 1.12. The molecule has 1 amide bonds. The molecule has 3 aliphatic carbocycles. The Morgan fingerprint density at radius 3 is 2.61 bits per heavy atom. The Morgan fingerprint density at radius 1 is 0.977 bits per heavy atom. The lowest BCUT2D eigenvalue weighted by Gasteiger charge is -2.60. The van der Waals surface area contributed by atoms with Gasteiger partial charge in [0, 0.05) is 25.2 Å². The van der Waals surface area contributed by atoms with E-state index in [2.05, 4.69) is 39.4 Å². The summed E-state index contributed by atoms with van der Waals surface area (Å²) in [5.74, 6) is -0.0664. The largest absolute Gasteiger partial charge is 0.374 e. The molecule has 2 N–H and O–H groups in total. The third kappa shape index (κ3) is 5.98. The third-order valence-electron chi connectivity index (χ3n) is 12.0. The van der Waals surface area contributed by atoms with Crippen molar-refractivity contribution in [2.24, 2.45) is 17.8 Å². The molecular formula is C34H54FN5O4. The Kier molecular flexibility index (Phi) is 9.35. The second-order valence-electron chi connectivity index (χ2n) is 15.0. The van der Waals surface area contributed by atoms with Gasteiger partial charge in [-0.1, -0.05) is 12.8 Å². The molecule has 7 rings (SSSR count). The first-order valence-corrected chi connectivity index (χ1v) is 17.8. The highest BCUT2D eigenvalue weighted by Gasteiger charge is 2.61. The van der Waals surface area contributed by atoms with E-state index in [-0.39, 0.29) is 48.0 Å². The minimum absolute atomic E-state index is 0.0255. The van der Waals surface area contributed by atoms with E-state index in [0.717, 1.165) is 64.8 Å². The molecule has 6 fully saturated rings. The maximum atomic E-state index is 16.1. The molecule has 0 bridgehead atoms. The minimum atomic E-state index is -1.20. The summed E-state index contributed by atoms with van der Waals surface area (Å²) < 4.78 is 29.8. The van der Waals surface area contributed by atoms with Gasteiger partial charge in [-0.25, -0.2) is 4.39 Å². The number of carbonyl (C=O) groups excluding carboxylic acids is 2. The summed E-state index contributed by atoms with van der Waals surface area (Å²) in [5.41, 5.74) is 0.192. The highest BCUT2D eigenvalue weighted by Crippen LogP contribution is 2.52. The molecule has 4 heterocycles. The first-order valence-electron chi connectivity index (χ1n) is 17.8. The molecule has 0 spiro atoms. The van der Waals surface area contributed by atoms with E-state index in [1.54, 1.807) is 0 Å². The van der Waals surface area contributed by atoms with Crippen molar-refractivity contribution in [2.45, 2.75) is 119 Å². The van der Waals surface area contributed by atoms with Crippen LogP contribution in [0.1, 0.15) is 70.6 Å². The number of hydrogen-bond acceptors (Lipinski definition) is 8. The Bertz CT molecular complexity index is 1080. The number of ether oxygens (including phenoxy) is 2. The average Bonchev–Trinajstić information content (AvgIpc) is 3.66. The molecule has 7 aliphatic rings. The highest BCUT2D eigenvalue weighted by molar-refractivity contribution is 6.20. The number of rotatable bonds is 10. The van der Waals surface area contributed by atoms with Gasteiger partial charge in [0.1, 0.15) is 6.17 Å². The summed E-state index contributed by atoms with van der Waals surface area (Å²) in [7, 11) is 4.14. The zero-order valence-electron chi connectivity index (χ0n) is 26.8. The van der Waals surface area contributed by atoms with Gasteiger partial charge in [-0.05, 0) is 110 Å². The normalized spacial score (nSPS) is 41.5. The SMILES string of the molecule is CN(C)CCCCNC1C(F)CC2C(=O)C(C(=O)NCCN3CCCC3)=CN3C4CC5OC6CCCCC6C5CC4OC1C23. The van der Waals surface area contributed by atoms with Crippen molar-refractivity contribution in [3.8, 4) is 0 Å². The number of fused-ring (bicyclic) bond motifs is 5. The lowest BCUT2D eigenvalue weighted by atomic mass is 9.67. The number of Topliss-reactive ketones (excluding diaryl/α,β-unsaturated/α-hetero) is 1. The average molecular weight is 616 g/mol.